The van der Waals surface area contributed by atoms with E-state index in [4.69, 9.17) is 9.97 Å². The first-order valence-corrected chi connectivity index (χ1v) is 14.4. The van der Waals surface area contributed by atoms with Gasteiger partial charge in [0.15, 0.2) is 5.82 Å². The van der Waals surface area contributed by atoms with Crippen molar-refractivity contribution in [3.05, 3.63) is 101 Å². The van der Waals surface area contributed by atoms with Crippen LogP contribution in [-0.2, 0) is 19.1 Å². The van der Waals surface area contributed by atoms with Gasteiger partial charge in [-0.2, -0.15) is 13.2 Å². The van der Waals surface area contributed by atoms with E-state index in [-0.39, 0.29) is 17.8 Å². The Labute approximate surface area is 253 Å². The maximum Gasteiger partial charge on any atom is 0.416 e. The zero-order valence-electron chi connectivity index (χ0n) is 24.4. The molecule has 226 valence electrons. The molecule has 0 bridgehead atoms. The molecule has 0 unspecified atom stereocenters. The fourth-order valence-corrected chi connectivity index (χ4v) is 5.39. The van der Waals surface area contributed by atoms with Crippen LogP contribution in [0.15, 0.2) is 67.0 Å². The second-order valence-corrected chi connectivity index (χ2v) is 11.2. The Morgan fingerprint density at radius 1 is 1.02 bits per heavy atom. The lowest BCUT2D eigenvalue weighted by Gasteiger charge is -2.33. The molecule has 44 heavy (non-hydrogen) atoms. The Kier molecular flexibility index (Phi) is 8.15. The lowest BCUT2D eigenvalue weighted by Crippen LogP contribution is -2.44. The van der Waals surface area contributed by atoms with Crippen LogP contribution in [0, 0.1) is 6.92 Å². The second kappa shape index (κ2) is 12.2. The third-order valence-corrected chi connectivity index (χ3v) is 7.96. The third-order valence-electron chi connectivity index (χ3n) is 7.96. The van der Waals surface area contributed by atoms with Crippen molar-refractivity contribution < 1.29 is 18.0 Å². The van der Waals surface area contributed by atoms with Crippen molar-refractivity contribution in [2.45, 2.75) is 26.1 Å². The molecule has 2 N–H and O–H groups in total. The number of amides is 1. The molecule has 8 nitrogen and oxygen atoms in total. The SMILES string of the molecule is Cc1ccc(C(=O)Nc2ccc(CN3CCN(C)CC3)c(C(F)(F)F)c2)cc1Nc1nc(-c2cccnc2)nc2c1C=CC2. The van der Waals surface area contributed by atoms with Gasteiger partial charge in [0, 0.05) is 79.6 Å². The number of aromatic nitrogens is 3. The molecule has 0 atom stereocenters. The highest BCUT2D eigenvalue weighted by Gasteiger charge is 2.34. The number of rotatable bonds is 7. The summed E-state index contributed by atoms with van der Waals surface area (Å²) in [5.41, 5.74) is 3.87. The van der Waals surface area contributed by atoms with Gasteiger partial charge in [-0.15, -0.1) is 0 Å². The minimum absolute atomic E-state index is 0.0828. The maximum atomic E-state index is 14.1. The fourth-order valence-electron chi connectivity index (χ4n) is 5.39. The number of aryl methyl sites for hydroxylation is 1. The smallest absolute Gasteiger partial charge is 0.339 e. The quantitative estimate of drug-likeness (QED) is 0.263. The van der Waals surface area contributed by atoms with Crippen LogP contribution < -0.4 is 10.6 Å². The van der Waals surface area contributed by atoms with Crippen molar-refractivity contribution in [3.63, 3.8) is 0 Å². The molecule has 0 saturated carbocycles. The summed E-state index contributed by atoms with van der Waals surface area (Å²) >= 11 is 0. The first-order valence-electron chi connectivity index (χ1n) is 14.4. The lowest BCUT2D eigenvalue weighted by molar-refractivity contribution is -0.138. The summed E-state index contributed by atoms with van der Waals surface area (Å²) in [5.74, 6) is 0.608. The van der Waals surface area contributed by atoms with Crippen LogP contribution in [0.25, 0.3) is 17.5 Å². The highest BCUT2D eigenvalue weighted by atomic mass is 19.4. The molecule has 2 aromatic heterocycles. The first-order chi connectivity index (χ1) is 21.1. The molecule has 1 amide bonds. The number of nitrogens with zero attached hydrogens (tertiary/aromatic N) is 5. The van der Waals surface area contributed by atoms with Crippen LogP contribution in [0.3, 0.4) is 0 Å². The summed E-state index contributed by atoms with van der Waals surface area (Å²) in [6, 6.07) is 12.8. The number of allylic oxidation sites excluding steroid dienone is 1. The Hall–Kier alpha value is -4.61. The van der Waals surface area contributed by atoms with Gasteiger partial charge in [-0.25, -0.2) is 9.97 Å². The summed E-state index contributed by atoms with van der Waals surface area (Å²) < 4.78 is 42.2. The zero-order chi connectivity index (χ0) is 30.8. The van der Waals surface area contributed by atoms with E-state index in [9.17, 15) is 18.0 Å². The minimum Gasteiger partial charge on any atom is -0.339 e. The van der Waals surface area contributed by atoms with E-state index >= 15 is 0 Å². The van der Waals surface area contributed by atoms with Gasteiger partial charge in [0.1, 0.15) is 5.82 Å². The Morgan fingerprint density at radius 3 is 2.59 bits per heavy atom. The summed E-state index contributed by atoms with van der Waals surface area (Å²) in [6.45, 7) is 5.13. The number of hydrogen-bond acceptors (Lipinski definition) is 7. The molecule has 1 saturated heterocycles. The van der Waals surface area contributed by atoms with Crippen LogP contribution >= 0.6 is 0 Å². The number of fused-ring (bicyclic) bond motifs is 1. The van der Waals surface area contributed by atoms with Crippen molar-refractivity contribution >= 4 is 29.2 Å². The van der Waals surface area contributed by atoms with Crippen LogP contribution in [0.2, 0.25) is 0 Å². The number of carbonyl (C=O) groups excluding carboxylic acids is 1. The van der Waals surface area contributed by atoms with E-state index in [1.807, 2.05) is 43.2 Å². The molecule has 1 fully saturated rings. The van der Waals surface area contributed by atoms with Crippen molar-refractivity contribution in [2.75, 3.05) is 43.9 Å². The largest absolute Gasteiger partial charge is 0.416 e. The van der Waals surface area contributed by atoms with E-state index in [1.54, 1.807) is 30.6 Å². The number of benzene rings is 2. The maximum absolute atomic E-state index is 14.1. The van der Waals surface area contributed by atoms with Crippen molar-refractivity contribution in [2.24, 2.45) is 0 Å². The standard InChI is InChI=1S/C33H32F3N7O/c1-21-8-9-22(17-29(21)40-31-26-6-3-7-28(26)39-30(41-31)23-5-4-12-37-19-23)32(44)38-25-11-10-24(27(18-25)33(34,35)36)20-43-15-13-42(2)14-16-43/h3-6,8-12,17-19H,7,13-16,20H2,1-2H3,(H,38,44)(H,39,40,41). The highest BCUT2D eigenvalue weighted by Crippen LogP contribution is 2.35. The third kappa shape index (κ3) is 6.48. The summed E-state index contributed by atoms with van der Waals surface area (Å²) in [6.07, 6.45) is 3.49. The van der Waals surface area contributed by atoms with Gasteiger partial charge in [-0.1, -0.05) is 24.3 Å². The molecule has 0 spiro atoms. The molecule has 1 aliphatic heterocycles. The molecule has 11 heteroatoms. The highest BCUT2D eigenvalue weighted by molar-refractivity contribution is 6.05. The number of pyridine rings is 1. The Bertz CT molecular complexity index is 1710. The average molecular weight is 600 g/mol. The number of anilines is 3. The fraction of sp³-hybridized carbons (Fsp3) is 0.273. The van der Waals surface area contributed by atoms with E-state index in [0.29, 0.717) is 42.4 Å². The van der Waals surface area contributed by atoms with Gasteiger partial charge >= 0.3 is 6.18 Å². The van der Waals surface area contributed by atoms with Gasteiger partial charge in [-0.3, -0.25) is 14.7 Å². The summed E-state index contributed by atoms with van der Waals surface area (Å²) in [5, 5.41) is 6.02. The van der Waals surface area contributed by atoms with Crippen LogP contribution in [0.1, 0.15) is 38.3 Å². The minimum atomic E-state index is -4.55. The van der Waals surface area contributed by atoms with E-state index in [1.165, 1.54) is 12.1 Å². The number of piperazine rings is 1. The normalized spacial score (nSPS) is 15.3. The number of halogens is 3. The molecule has 4 aromatic rings. The topological polar surface area (TPSA) is 86.3 Å². The predicted molar refractivity (Wildman–Crippen MR) is 165 cm³/mol. The first kappa shape index (κ1) is 29.5. The molecular formula is C33H32F3N7O. The van der Waals surface area contributed by atoms with Gasteiger partial charge in [0.2, 0.25) is 0 Å². The Morgan fingerprint density at radius 2 is 1.84 bits per heavy atom. The molecule has 6 rings (SSSR count). The zero-order valence-corrected chi connectivity index (χ0v) is 24.4. The molecule has 0 radical (unpaired) electrons. The number of nitrogens with one attached hydrogen (secondary N) is 2. The average Bonchev–Trinajstić information content (AvgIpc) is 3.49. The van der Waals surface area contributed by atoms with Crippen molar-refractivity contribution in [3.8, 4) is 11.4 Å². The second-order valence-electron chi connectivity index (χ2n) is 11.2. The van der Waals surface area contributed by atoms with Crippen LogP contribution in [0.5, 0.6) is 0 Å². The summed E-state index contributed by atoms with van der Waals surface area (Å²) in [4.78, 5) is 31.1. The molecular weight excluding hydrogens is 567 g/mol. The Balaban J connectivity index is 1.23. The number of likely N-dealkylation sites (N-methyl/N-ethyl adjacent to an activating group) is 1. The van der Waals surface area contributed by atoms with Crippen molar-refractivity contribution in [1.82, 2.24) is 24.8 Å². The molecule has 2 aromatic carbocycles. The van der Waals surface area contributed by atoms with Crippen molar-refractivity contribution in [1.29, 1.82) is 0 Å². The monoisotopic (exact) mass is 599 g/mol. The molecule has 3 heterocycles. The lowest BCUT2D eigenvalue weighted by atomic mass is 10.0. The van der Waals surface area contributed by atoms with E-state index < -0.39 is 17.6 Å². The van der Waals surface area contributed by atoms with Gasteiger partial charge < -0.3 is 15.5 Å². The number of alkyl halides is 3. The van der Waals surface area contributed by atoms with E-state index in [2.05, 4.69) is 20.5 Å². The summed E-state index contributed by atoms with van der Waals surface area (Å²) in [7, 11) is 2.00. The van der Waals surface area contributed by atoms with Gasteiger partial charge in [0.25, 0.3) is 5.91 Å². The van der Waals surface area contributed by atoms with Gasteiger partial charge in [0.05, 0.1) is 11.3 Å². The number of hydrogen-bond donors (Lipinski definition) is 2. The van der Waals surface area contributed by atoms with E-state index in [0.717, 1.165) is 41.5 Å². The molecule has 2 aliphatic rings. The number of carbonyl (C=O) groups is 1. The predicted octanol–water partition coefficient (Wildman–Crippen LogP) is 6.18. The van der Waals surface area contributed by atoms with Gasteiger partial charge in [-0.05, 0) is 61.5 Å². The molecule has 1 aliphatic carbocycles. The van der Waals surface area contributed by atoms with Crippen LogP contribution in [-0.4, -0.2) is 63.9 Å². The van der Waals surface area contributed by atoms with Crippen LogP contribution in [0.4, 0.5) is 30.4 Å².